The molecule has 0 saturated carbocycles. The molecule has 0 aliphatic rings. The summed E-state index contributed by atoms with van der Waals surface area (Å²) in [5.41, 5.74) is 1.98. The number of rotatable bonds is 18. The summed E-state index contributed by atoms with van der Waals surface area (Å²) in [5, 5.41) is 4.05. The largest absolute Gasteiger partial charge is 0.407 e. The van der Waals surface area contributed by atoms with Crippen molar-refractivity contribution in [2.75, 3.05) is 6.61 Å². The van der Waals surface area contributed by atoms with Crippen LogP contribution in [-0.2, 0) is 20.6 Å². The summed E-state index contributed by atoms with van der Waals surface area (Å²) < 4.78 is 13.6. The highest BCUT2D eigenvalue weighted by Crippen LogP contribution is 2.36. The highest BCUT2D eigenvalue weighted by Gasteiger charge is 2.49. The number of carbonyl (C=O) groups is 1. The Morgan fingerprint density at radius 3 is 1.89 bits per heavy atom. The van der Waals surface area contributed by atoms with Gasteiger partial charge >= 0.3 is 0 Å². The lowest BCUT2D eigenvalue weighted by Gasteiger charge is -2.43. The highest BCUT2D eigenvalue weighted by atomic mass is 28.4. The Hall–Kier alpha value is -3.10. The van der Waals surface area contributed by atoms with Gasteiger partial charge in [-0.1, -0.05) is 161 Å². The van der Waals surface area contributed by atoms with Gasteiger partial charge in [0.05, 0.1) is 20.8 Å². The van der Waals surface area contributed by atoms with Crippen molar-refractivity contribution in [1.29, 1.82) is 0 Å². The molecule has 3 rings (SSSR count). The van der Waals surface area contributed by atoms with E-state index in [9.17, 15) is 4.79 Å². The average molecular weight is 653 g/mol. The van der Waals surface area contributed by atoms with Crippen LogP contribution in [0.1, 0.15) is 65.4 Å². The van der Waals surface area contributed by atoms with Crippen molar-refractivity contribution in [2.45, 2.75) is 97.2 Å². The van der Waals surface area contributed by atoms with Gasteiger partial charge in [-0.2, -0.15) is 0 Å². The molecule has 0 fully saturated rings. The van der Waals surface area contributed by atoms with Crippen LogP contribution in [0.5, 0.6) is 0 Å². The predicted octanol–water partition coefficient (Wildman–Crippen LogP) is 9.60. The molecule has 3 aromatic rings. The SMILES string of the molecule is C/C(C=O)=C\CCC[C@@H](/C=C(/C=C/CCCO[Si](c1ccccc1)(c1ccccc1)C(C)(C)C)[Si](C)(C)C)OCc1ccccc1. The summed E-state index contributed by atoms with van der Waals surface area (Å²) in [5.74, 6) is 0. The quantitative estimate of drug-likeness (QED) is 0.0451. The van der Waals surface area contributed by atoms with Crippen LogP contribution in [0.3, 0.4) is 0 Å². The Morgan fingerprint density at radius 2 is 1.37 bits per heavy atom. The number of aldehydes is 1. The van der Waals surface area contributed by atoms with E-state index in [0.717, 1.165) is 50.6 Å². The summed E-state index contributed by atoms with van der Waals surface area (Å²) in [6, 6.07) is 32.2. The van der Waals surface area contributed by atoms with Gasteiger partial charge in [0, 0.05) is 6.61 Å². The molecule has 46 heavy (non-hydrogen) atoms. The maximum atomic E-state index is 11.0. The van der Waals surface area contributed by atoms with Gasteiger partial charge in [0.1, 0.15) is 6.29 Å². The minimum absolute atomic E-state index is 0.0181. The van der Waals surface area contributed by atoms with Crippen molar-refractivity contribution in [2.24, 2.45) is 0 Å². The monoisotopic (exact) mass is 652 g/mol. The summed E-state index contributed by atoms with van der Waals surface area (Å²) in [4.78, 5) is 11.0. The first-order chi connectivity index (χ1) is 22.0. The third kappa shape index (κ3) is 11.3. The molecule has 0 unspecified atom stereocenters. The fourth-order valence-corrected chi connectivity index (χ4v) is 11.8. The molecular weight excluding hydrogens is 597 g/mol. The number of hydrogen-bond donors (Lipinski definition) is 0. The van der Waals surface area contributed by atoms with E-state index in [1.165, 1.54) is 21.1 Å². The minimum atomic E-state index is -2.51. The number of allylic oxidation sites excluding steroid dienone is 5. The van der Waals surface area contributed by atoms with Gasteiger partial charge in [-0.05, 0) is 65.6 Å². The van der Waals surface area contributed by atoms with Crippen LogP contribution in [0, 0.1) is 0 Å². The zero-order chi connectivity index (χ0) is 33.5. The molecule has 0 aliphatic carbocycles. The molecule has 0 bridgehead atoms. The van der Waals surface area contributed by atoms with Crippen molar-refractivity contribution >= 4 is 33.1 Å². The molecule has 3 nitrogen and oxygen atoms in total. The number of carbonyl (C=O) groups excluding carboxylic acids is 1. The standard InChI is InChI=1S/C41H56O3Si2/c1-35(33-42)22-19-20-25-37(43-34-36-23-12-8-13-24-36)32-40(45(5,6)7)30-18-11-21-31-44-46(41(2,3)4,38-26-14-9-15-27-38)39-28-16-10-17-29-39/h8-10,12-18,22-24,26-30,32-33,37H,11,19-21,25,31,34H2,1-7H3/b30-18+,35-22+,40-32-/t37-/m0/s1. The number of hydrogen-bond acceptors (Lipinski definition) is 3. The smallest absolute Gasteiger partial charge is 0.261 e. The minimum Gasteiger partial charge on any atom is -0.407 e. The van der Waals surface area contributed by atoms with Crippen molar-refractivity contribution in [1.82, 2.24) is 0 Å². The van der Waals surface area contributed by atoms with Crippen LogP contribution in [0.4, 0.5) is 0 Å². The van der Waals surface area contributed by atoms with E-state index in [-0.39, 0.29) is 11.1 Å². The summed E-state index contributed by atoms with van der Waals surface area (Å²) in [6.45, 7) is 17.4. The predicted molar refractivity (Wildman–Crippen MR) is 202 cm³/mol. The molecule has 0 amide bonds. The van der Waals surface area contributed by atoms with E-state index in [2.05, 4.69) is 144 Å². The second kappa shape index (κ2) is 18.3. The first-order valence-electron chi connectivity index (χ1n) is 16.9. The van der Waals surface area contributed by atoms with Crippen molar-refractivity contribution in [3.63, 3.8) is 0 Å². The van der Waals surface area contributed by atoms with Crippen LogP contribution in [-0.4, -0.2) is 35.4 Å². The van der Waals surface area contributed by atoms with Gasteiger partial charge in [-0.15, -0.1) is 0 Å². The van der Waals surface area contributed by atoms with Crippen molar-refractivity contribution in [3.8, 4) is 0 Å². The van der Waals surface area contributed by atoms with E-state index in [4.69, 9.17) is 9.16 Å². The van der Waals surface area contributed by atoms with Crippen molar-refractivity contribution in [3.05, 3.63) is 132 Å². The molecule has 1 atom stereocenters. The van der Waals surface area contributed by atoms with Gasteiger partial charge in [-0.25, -0.2) is 0 Å². The molecule has 3 aromatic carbocycles. The molecule has 246 valence electrons. The zero-order valence-corrected chi connectivity index (χ0v) is 31.3. The maximum absolute atomic E-state index is 11.0. The van der Waals surface area contributed by atoms with Crippen LogP contribution >= 0.6 is 0 Å². The van der Waals surface area contributed by atoms with E-state index in [1.807, 2.05) is 19.1 Å². The molecular formula is C41H56O3Si2. The zero-order valence-electron chi connectivity index (χ0n) is 29.3. The van der Waals surface area contributed by atoms with Crippen molar-refractivity contribution < 1.29 is 14.0 Å². The van der Waals surface area contributed by atoms with E-state index < -0.39 is 16.4 Å². The topological polar surface area (TPSA) is 35.5 Å². The van der Waals surface area contributed by atoms with E-state index in [0.29, 0.717) is 6.61 Å². The molecule has 0 N–H and O–H groups in total. The van der Waals surface area contributed by atoms with Gasteiger partial charge < -0.3 is 9.16 Å². The number of ether oxygens (including phenoxy) is 1. The average Bonchev–Trinajstić information content (AvgIpc) is 3.04. The van der Waals surface area contributed by atoms with Crippen LogP contribution in [0.2, 0.25) is 24.7 Å². The Kier molecular flexibility index (Phi) is 14.9. The molecule has 5 heteroatoms. The van der Waals surface area contributed by atoms with E-state index >= 15 is 0 Å². The Balaban J connectivity index is 1.74. The first kappa shape index (κ1) is 37.4. The third-order valence-corrected chi connectivity index (χ3v) is 15.5. The third-order valence-electron chi connectivity index (χ3n) is 8.43. The molecule has 0 aromatic heterocycles. The first-order valence-corrected chi connectivity index (χ1v) is 22.3. The lowest BCUT2D eigenvalue weighted by molar-refractivity contribution is -0.104. The maximum Gasteiger partial charge on any atom is 0.261 e. The lowest BCUT2D eigenvalue weighted by Crippen LogP contribution is -2.66. The van der Waals surface area contributed by atoms with Gasteiger partial charge in [0.25, 0.3) is 8.32 Å². The Labute approximate surface area is 281 Å². The van der Waals surface area contributed by atoms with Crippen LogP contribution < -0.4 is 10.4 Å². The Bertz CT molecular complexity index is 1360. The molecule has 0 saturated heterocycles. The molecule has 0 aliphatic heterocycles. The second-order valence-electron chi connectivity index (χ2n) is 14.3. The lowest BCUT2D eigenvalue weighted by atomic mass is 10.1. The fourth-order valence-electron chi connectivity index (χ4n) is 5.84. The van der Waals surface area contributed by atoms with Gasteiger partial charge in [0.15, 0.2) is 0 Å². The summed E-state index contributed by atoms with van der Waals surface area (Å²) in [7, 11) is -4.14. The Morgan fingerprint density at radius 1 is 0.804 bits per heavy atom. The molecule has 0 heterocycles. The van der Waals surface area contributed by atoms with E-state index in [1.54, 1.807) is 0 Å². The molecule has 0 spiro atoms. The normalized spacial score (nSPS) is 14.1. The second-order valence-corrected chi connectivity index (χ2v) is 23.6. The highest BCUT2D eigenvalue weighted by molar-refractivity contribution is 6.99. The number of benzene rings is 3. The fraction of sp³-hybridized carbons (Fsp3) is 0.390. The van der Waals surface area contributed by atoms with Gasteiger partial charge in [-0.3, -0.25) is 4.79 Å². The summed E-state index contributed by atoms with van der Waals surface area (Å²) >= 11 is 0. The summed E-state index contributed by atoms with van der Waals surface area (Å²) in [6.07, 6.45) is 14.8. The van der Waals surface area contributed by atoms with Crippen LogP contribution in [0.15, 0.2) is 126 Å². The molecule has 0 radical (unpaired) electrons. The van der Waals surface area contributed by atoms with Gasteiger partial charge in [0.2, 0.25) is 0 Å². The number of unbranched alkanes of at least 4 members (excludes halogenated alkanes) is 2. The van der Waals surface area contributed by atoms with Crippen LogP contribution in [0.25, 0.3) is 0 Å².